The van der Waals surface area contributed by atoms with E-state index in [1.54, 1.807) is 50.6 Å². The number of carboxylic acids is 1. The topological polar surface area (TPSA) is 84.9 Å². The maximum Gasteiger partial charge on any atom is 0.305 e. The summed E-state index contributed by atoms with van der Waals surface area (Å²) in [6.45, 7) is 0. The van der Waals surface area contributed by atoms with Crippen LogP contribution in [0.3, 0.4) is 0 Å². The van der Waals surface area contributed by atoms with Gasteiger partial charge in [-0.1, -0.05) is 17.7 Å². The van der Waals surface area contributed by atoms with E-state index in [4.69, 9.17) is 21.1 Å². The van der Waals surface area contributed by atoms with Crippen LogP contribution < -0.4 is 14.8 Å². The summed E-state index contributed by atoms with van der Waals surface area (Å²) in [6.07, 6.45) is -0.299. The number of nitrogens with one attached hydrogen (secondary N) is 1. The van der Waals surface area contributed by atoms with E-state index in [1.807, 2.05) is 0 Å². The number of carboxylic acid groups (broad SMARTS) is 1. The zero-order valence-electron chi connectivity index (χ0n) is 14.7. The van der Waals surface area contributed by atoms with Crippen LogP contribution in [0.4, 0.5) is 5.69 Å². The third-order valence-electron chi connectivity index (χ3n) is 4.23. The van der Waals surface area contributed by atoms with Crippen LogP contribution in [-0.2, 0) is 9.59 Å². The molecule has 2 aromatic rings. The number of halogens is 1. The molecule has 1 amide bonds. The van der Waals surface area contributed by atoms with Crippen LogP contribution in [0.5, 0.6) is 11.5 Å². The minimum Gasteiger partial charge on any atom is -0.496 e. The molecule has 2 atom stereocenters. The first-order valence-electron chi connectivity index (χ1n) is 8.13. The summed E-state index contributed by atoms with van der Waals surface area (Å²) in [5.41, 5.74) is 2.07. The predicted octanol–water partition coefficient (Wildman–Crippen LogP) is 3.98. The highest BCUT2D eigenvalue weighted by Crippen LogP contribution is 2.51. The lowest BCUT2D eigenvalue weighted by atomic mass is 10.0. The van der Waals surface area contributed by atoms with Gasteiger partial charge in [0.2, 0.25) is 5.91 Å². The van der Waals surface area contributed by atoms with Crippen LogP contribution in [0.25, 0.3) is 0 Å². The standard InChI is InChI=1S/C19H18ClNO5S/c1-25-13-4-3-5-14(26-2)17(13)18-11-8-10(20)6-7-12(11)21-19(24)15(27-18)9-16(22)23/h3-8,15,18H,9H2,1-2H3,(H,21,24)(H,22,23)/t15-,18+/m0/s1. The molecule has 3 rings (SSSR count). The van der Waals surface area contributed by atoms with Crippen molar-refractivity contribution in [3.05, 3.63) is 52.5 Å². The fraction of sp³-hybridized carbons (Fsp3) is 0.263. The molecule has 0 bridgehead atoms. The molecule has 8 heteroatoms. The Kier molecular flexibility index (Phi) is 5.82. The number of carbonyl (C=O) groups excluding carboxylic acids is 1. The van der Waals surface area contributed by atoms with Crippen molar-refractivity contribution in [1.82, 2.24) is 0 Å². The normalized spacial score (nSPS) is 18.9. The molecule has 0 fully saturated rings. The first kappa shape index (κ1) is 19.4. The highest BCUT2D eigenvalue weighted by atomic mass is 35.5. The van der Waals surface area contributed by atoms with Crippen LogP contribution in [0.15, 0.2) is 36.4 Å². The van der Waals surface area contributed by atoms with Crippen LogP contribution in [0.2, 0.25) is 5.02 Å². The van der Waals surface area contributed by atoms with E-state index in [-0.39, 0.29) is 12.3 Å². The Hall–Kier alpha value is -2.38. The van der Waals surface area contributed by atoms with Gasteiger partial charge >= 0.3 is 5.97 Å². The van der Waals surface area contributed by atoms with Gasteiger partial charge in [0.25, 0.3) is 0 Å². The van der Waals surface area contributed by atoms with Gasteiger partial charge in [0.1, 0.15) is 11.5 Å². The van der Waals surface area contributed by atoms with E-state index in [0.29, 0.717) is 22.2 Å². The SMILES string of the molecule is COc1cccc(OC)c1[C@@H]1S[C@@H](CC(=O)O)C(=O)Nc2ccc(Cl)cc21. The molecule has 0 aliphatic carbocycles. The summed E-state index contributed by atoms with van der Waals surface area (Å²) >= 11 is 7.45. The van der Waals surface area contributed by atoms with Gasteiger partial charge in [0, 0.05) is 10.7 Å². The van der Waals surface area contributed by atoms with Crippen molar-refractivity contribution < 1.29 is 24.2 Å². The maximum atomic E-state index is 12.6. The number of ether oxygens (including phenoxy) is 2. The van der Waals surface area contributed by atoms with Crippen molar-refractivity contribution >= 4 is 40.9 Å². The second-order valence-corrected chi connectivity index (χ2v) is 7.65. The number of aliphatic carboxylic acids is 1. The number of methoxy groups -OCH3 is 2. The Morgan fingerprint density at radius 3 is 2.48 bits per heavy atom. The van der Waals surface area contributed by atoms with E-state index in [1.165, 1.54) is 11.8 Å². The first-order valence-corrected chi connectivity index (χ1v) is 9.45. The van der Waals surface area contributed by atoms with Crippen LogP contribution >= 0.6 is 23.4 Å². The molecule has 0 saturated carbocycles. The summed E-state index contributed by atoms with van der Waals surface area (Å²) in [5, 5.41) is 11.4. The molecule has 27 heavy (non-hydrogen) atoms. The molecule has 142 valence electrons. The number of hydrogen-bond acceptors (Lipinski definition) is 5. The van der Waals surface area contributed by atoms with Crippen molar-refractivity contribution in [3.8, 4) is 11.5 Å². The molecular weight excluding hydrogens is 390 g/mol. The lowest BCUT2D eigenvalue weighted by Gasteiger charge is -2.23. The quantitative estimate of drug-likeness (QED) is 0.779. The van der Waals surface area contributed by atoms with Crippen LogP contribution in [0.1, 0.15) is 22.8 Å². The highest BCUT2D eigenvalue weighted by Gasteiger charge is 2.35. The zero-order valence-corrected chi connectivity index (χ0v) is 16.3. The highest BCUT2D eigenvalue weighted by molar-refractivity contribution is 8.01. The fourth-order valence-electron chi connectivity index (χ4n) is 3.04. The largest absolute Gasteiger partial charge is 0.496 e. The lowest BCUT2D eigenvalue weighted by molar-refractivity contribution is -0.138. The fourth-order valence-corrected chi connectivity index (χ4v) is 4.68. The Bertz CT molecular complexity index is 866. The van der Waals surface area contributed by atoms with Gasteiger partial charge in [-0.15, -0.1) is 11.8 Å². The van der Waals surface area contributed by atoms with Crippen molar-refractivity contribution in [2.45, 2.75) is 16.9 Å². The lowest BCUT2D eigenvalue weighted by Crippen LogP contribution is -2.26. The zero-order chi connectivity index (χ0) is 19.6. The Morgan fingerprint density at radius 2 is 1.89 bits per heavy atom. The number of thioether (sulfide) groups is 1. The molecular formula is C19H18ClNO5S. The van der Waals surface area contributed by atoms with Gasteiger partial charge in [-0.3, -0.25) is 9.59 Å². The van der Waals surface area contributed by atoms with Crippen molar-refractivity contribution in [2.75, 3.05) is 19.5 Å². The van der Waals surface area contributed by atoms with E-state index < -0.39 is 16.5 Å². The van der Waals surface area contributed by atoms with Gasteiger partial charge in [-0.25, -0.2) is 0 Å². The average Bonchev–Trinajstić information content (AvgIpc) is 2.77. The van der Waals surface area contributed by atoms with E-state index in [2.05, 4.69) is 5.32 Å². The van der Waals surface area contributed by atoms with Crippen LogP contribution in [-0.4, -0.2) is 36.5 Å². The Balaban J connectivity index is 2.21. The molecule has 1 heterocycles. The molecule has 0 saturated heterocycles. The molecule has 2 N–H and O–H groups in total. The average molecular weight is 408 g/mol. The second-order valence-electron chi connectivity index (χ2n) is 5.90. The van der Waals surface area contributed by atoms with Gasteiger partial charge in [-0.2, -0.15) is 0 Å². The molecule has 1 aliphatic heterocycles. The Morgan fingerprint density at radius 1 is 1.22 bits per heavy atom. The Labute approximate surface area is 165 Å². The van der Waals surface area contributed by atoms with Crippen LogP contribution in [0, 0.1) is 0 Å². The van der Waals surface area contributed by atoms with Crippen molar-refractivity contribution in [1.29, 1.82) is 0 Å². The minimum atomic E-state index is -1.04. The molecule has 0 unspecified atom stereocenters. The number of carbonyl (C=O) groups is 2. The summed E-state index contributed by atoms with van der Waals surface area (Å²) in [4.78, 5) is 23.9. The monoisotopic (exact) mass is 407 g/mol. The minimum absolute atomic E-state index is 0.299. The van der Waals surface area contributed by atoms with Crippen molar-refractivity contribution in [3.63, 3.8) is 0 Å². The summed E-state index contributed by atoms with van der Waals surface area (Å²) in [5.74, 6) is -0.234. The maximum absolute atomic E-state index is 12.6. The number of hydrogen-bond donors (Lipinski definition) is 2. The number of anilines is 1. The molecule has 0 spiro atoms. The number of fused-ring (bicyclic) bond motifs is 1. The molecule has 2 aromatic carbocycles. The molecule has 1 aliphatic rings. The number of rotatable bonds is 5. The summed E-state index contributed by atoms with van der Waals surface area (Å²) < 4.78 is 11.0. The molecule has 0 radical (unpaired) electrons. The summed E-state index contributed by atoms with van der Waals surface area (Å²) in [7, 11) is 3.10. The van der Waals surface area contributed by atoms with Crippen molar-refractivity contribution in [2.24, 2.45) is 0 Å². The van der Waals surface area contributed by atoms with E-state index >= 15 is 0 Å². The molecule has 6 nitrogen and oxygen atoms in total. The smallest absolute Gasteiger partial charge is 0.305 e. The third kappa shape index (κ3) is 3.99. The first-order chi connectivity index (χ1) is 12.9. The van der Waals surface area contributed by atoms with Gasteiger partial charge in [0.05, 0.1) is 36.7 Å². The number of benzene rings is 2. The number of amides is 1. The third-order valence-corrected chi connectivity index (χ3v) is 5.94. The predicted molar refractivity (Wildman–Crippen MR) is 105 cm³/mol. The van der Waals surface area contributed by atoms with Gasteiger partial charge < -0.3 is 19.9 Å². The van der Waals surface area contributed by atoms with Gasteiger partial charge in [0.15, 0.2) is 0 Å². The molecule has 0 aromatic heterocycles. The van der Waals surface area contributed by atoms with E-state index in [9.17, 15) is 14.7 Å². The second kappa shape index (κ2) is 8.10. The summed E-state index contributed by atoms with van der Waals surface area (Å²) in [6, 6.07) is 10.6. The van der Waals surface area contributed by atoms with E-state index in [0.717, 1.165) is 11.1 Å². The van der Waals surface area contributed by atoms with Gasteiger partial charge in [-0.05, 0) is 35.9 Å².